The minimum atomic E-state index is -0.444. The van der Waals surface area contributed by atoms with Crippen LogP contribution in [0, 0.1) is 0 Å². The third-order valence-corrected chi connectivity index (χ3v) is 3.29. The number of halogens is 2. The zero-order valence-corrected chi connectivity index (χ0v) is 14.1. The molecular formula is C15H12Br2O4. The maximum absolute atomic E-state index is 11.5. The van der Waals surface area contributed by atoms with Gasteiger partial charge in [-0.2, -0.15) is 0 Å². The fourth-order valence-electron chi connectivity index (χ4n) is 1.47. The zero-order chi connectivity index (χ0) is 15.1. The van der Waals surface area contributed by atoms with Crippen LogP contribution in [-0.2, 0) is 9.53 Å². The lowest BCUT2D eigenvalue weighted by atomic mass is 10.3. The Labute approximate surface area is 139 Å². The van der Waals surface area contributed by atoms with Crippen molar-refractivity contribution in [1.29, 1.82) is 0 Å². The molecule has 2 rings (SSSR count). The normalized spacial score (nSPS) is 10.8. The molecule has 0 atom stereocenters. The molecule has 0 bridgehead atoms. The van der Waals surface area contributed by atoms with Crippen LogP contribution < -0.4 is 4.74 Å². The van der Waals surface area contributed by atoms with Crippen LogP contribution in [0.2, 0.25) is 0 Å². The lowest BCUT2D eigenvalue weighted by Crippen LogP contribution is -2.10. The quantitative estimate of drug-likeness (QED) is 0.397. The van der Waals surface area contributed by atoms with Crippen molar-refractivity contribution < 1.29 is 18.7 Å². The lowest BCUT2D eigenvalue weighted by Gasteiger charge is -2.06. The van der Waals surface area contributed by atoms with Gasteiger partial charge in [0.15, 0.2) is 4.67 Å². The van der Waals surface area contributed by atoms with E-state index in [0.717, 1.165) is 10.2 Å². The smallest absolute Gasteiger partial charge is 0.331 e. The standard InChI is InChI=1S/C15H12Br2O4/c16-11-2-1-3-13(10-11)19-8-9-20-15(18)7-5-12-4-6-14(17)21-12/h1-7,10H,8-9H2. The average Bonchev–Trinajstić information content (AvgIpc) is 2.87. The SMILES string of the molecule is O=C(C=Cc1ccc(Br)o1)OCCOc1cccc(Br)c1. The van der Waals surface area contributed by atoms with E-state index in [4.69, 9.17) is 13.9 Å². The van der Waals surface area contributed by atoms with Crippen molar-refractivity contribution in [3.8, 4) is 5.75 Å². The molecule has 4 nitrogen and oxygen atoms in total. The maximum Gasteiger partial charge on any atom is 0.331 e. The van der Waals surface area contributed by atoms with Crippen LogP contribution in [0.15, 0.2) is 56.0 Å². The highest BCUT2D eigenvalue weighted by Gasteiger charge is 2.00. The number of carbonyl (C=O) groups is 1. The lowest BCUT2D eigenvalue weighted by molar-refractivity contribution is -0.138. The van der Waals surface area contributed by atoms with E-state index in [-0.39, 0.29) is 6.61 Å². The molecule has 6 heteroatoms. The molecule has 0 spiro atoms. The minimum Gasteiger partial charge on any atom is -0.490 e. The number of hydrogen-bond acceptors (Lipinski definition) is 4. The molecule has 0 saturated heterocycles. The van der Waals surface area contributed by atoms with Gasteiger partial charge in [-0.25, -0.2) is 4.79 Å². The second-order valence-corrected chi connectivity index (χ2v) is 5.65. The van der Waals surface area contributed by atoms with Gasteiger partial charge in [0.05, 0.1) is 0 Å². The van der Waals surface area contributed by atoms with Gasteiger partial charge in [0.2, 0.25) is 0 Å². The molecule has 110 valence electrons. The van der Waals surface area contributed by atoms with Gasteiger partial charge >= 0.3 is 5.97 Å². The fourth-order valence-corrected chi connectivity index (χ4v) is 2.17. The summed E-state index contributed by atoms with van der Waals surface area (Å²) in [7, 11) is 0. The number of hydrogen-bond donors (Lipinski definition) is 0. The Kier molecular flexibility index (Phi) is 6.07. The van der Waals surface area contributed by atoms with Crippen LogP contribution in [0.4, 0.5) is 0 Å². The highest BCUT2D eigenvalue weighted by molar-refractivity contribution is 9.10. The van der Waals surface area contributed by atoms with Gasteiger partial charge in [-0.05, 0) is 52.3 Å². The molecule has 0 N–H and O–H groups in total. The Balaban J connectivity index is 1.68. The zero-order valence-electron chi connectivity index (χ0n) is 10.9. The van der Waals surface area contributed by atoms with Crippen molar-refractivity contribution in [3.05, 3.63) is 57.4 Å². The van der Waals surface area contributed by atoms with Crippen molar-refractivity contribution in [1.82, 2.24) is 0 Å². The fraction of sp³-hybridized carbons (Fsp3) is 0.133. The number of esters is 1. The van der Waals surface area contributed by atoms with Crippen molar-refractivity contribution in [3.63, 3.8) is 0 Å². The van der Waals surface area contributed by atoms with E-state index < -0.39 is 5.97 Å². The van der Waals surface area contributed by atoms with Gasteiger partial charge in [-0.15, -0.1) is 0 Å². The van der Waals surface area contributed by atoms with E-state index in [1.54, 1.807) is 18.2 Å². The summed E-state index contributed by atoms with van der Waals surface area (Å²) in [5.74, 6) is 0.848. The van der Waals surface area contributed by atoms with E-state index in [2.05, 4.69) is 31.9 Å². The number of furan rings is 1. The highest BCUT2D eigenvalue weighted by atomic mass is 79.9. The molecule has 0 aliphatic rings. The third kappa shape index (κ3) is 5.77. The van der Waals surface area contributed by atoms with Gasteiger partial charge in [0.25, 0.3) is 0 Å². The number of ether oxygens (including phenoxy) is 2. The Morgan fingerprint density at radius 3 is 2.76 bits per heavy atom. The molecule has 0 radical (unpaired) electrons. The minimum absolute atomic E-state index is 0.178. The van der Waals surface area contributed by atoms with Gasteiger partial charge < -0.3 is 13.9 Å². The van der Waals surface area contributed by atoms with Crippen LogP contribution in [0.1, 0.15) is 5.76 Å². The summed E-state index contributed by atoms with van der Waals surface area (Å²) in [6.45, 7) is 0.472. The molecule has 0 saturated carbocycles. The first-order chi connectivity index (χ1) is 10.1. The molecule has 0 fully saturated rings. The molecular weight excluding hydrogens is 404 g/mol. The molecule has 0 aliphatic carbocycles. The third-order valence-electron chi connectivity index (χ3n) is 2.37. The van der Waals surface area contributed by atoms with Crippen LogP contribution in [0.3, 0.4) is 0 Å². The number of carbonyl (C=O) groups excluding carboxylic acids is 1. The van der Waals surface area contributed by atoms with E-state index in [1.807, 2.05) is 24.3 Å². The summed E-state index contributed by atoms with van der Waals surface area (Å²) in [5, 5.41) is 0. The van der Waals surface area contributed by atoms with E-state index >= 15 is 0 Å². The summed E-state index contributed by atoms with van der Waals surface area (Å²) in [4.78, 5) is 11.5. The van der Waals surface area contributed by atoms with Crippen LogP contribution in [-0.4, -0.2) is 19.2 Å². The van der Waals surface area contributed by atoms with Crippen LogP contribution >= 0.6 is 31.9 Å². The monoisotopic (exact) mass is 414 g/mol. The van der Waals surface area contributed by atoms with Crippen molar-refractivity contribution >= 4 is 43.9 Å². The van der Waals surface area contributed by atoms with Crippen molar-refractivity contribution in [2.24, 2.45) is 0 Å². The summed E-state index contributed by atoms with van der Waals surface area (Å²) in [5.41, 5.74) is 0. The van der Waals surface area contributed by atoms with Crippen molar-refractivity contribution in [2.75, 3.05) is 13.2 Å². The largest absolute Gasteiger partial charge is 0.490 e. The Bertz CT molecular complexity index is 634. The predicted octanol–water partition coefficient (Wildman–Crippen LogP) is 4.44. The van der Waals surface area contributed by atoms with E-state index in [9.17, 15) is 4.79 Å². The molecule has 0 unspecified atom stereocenters. The molecule has 21 heavy (non-hydrogen) atoms. The van der Waals surface area contributed by atoms with Gasteiger partial charge in [-0.3, -0.25) is 0 Å². The highest BCUT2D eigenvalue weighted by Crippen LogP contribution is 2.17. The van der Waals surface area contributed by atoms with Crippen molar-refractivity contribution in [2.45, 2.75) is 0 Å². The summed E-state index contributed by atoms with van der Waals surface area (Å²) >= 11 is 6.53. The molecule has 1 aromatic carbocycles. The first-order valence-corrected chi connectivity index (χ1v) is 7.70. The average molecular weight is 416 g/mol. The molecule has 1 heterocycles. The molecule has 0 amide bonds. The molecule has 0 aliphatic heterocycles. The predicted molar refractivity (Wildman–Crippen MR) is 86.0 cm³/mol. The topological polar surface area (TPSA) is 48.7 Å². The van der Waals surface area contributed by atoms with Gasteiger partial charge in [-0.1, -0.05) is 22.0 Å². The first kappa shape index (κ1) is 15.9. The maximum atomic E-state index is 11.5. The van der Waals surface area contributed by atoms with Crippen LogP contribution in [0.25, 0.3) is 6.08 Å². The number of benzene rings is 1. The Morgan fingerprint density at radius 2 is 2.05 bits per heavy atom. The van der Waals surface area contributed by atoms with Gasteiger partial charge in [0, 0.05) is 10.5 Å². The Hall–Kier alpha value is -1.53. The van der Waals surface area contributed by atoms with Gasteiger partial charge in [0.1, 0.15) is 24.7 Å². The second kappa shape index (κ2) is 8.05. The van der Waals surface area contributed by atoms with Crippen LogP contribution in [0.5, 0.6) is 5.75 Å². The summed E-state index contributed by atoms with van der Waals surface area (Å²) in [6, 6.07) is 10.9. The van der Waals surface area contributed by atoms with E-state index in [1.165, 1.54) is 6.08 Å². The summed E-state index contributed by atoms with van der Waals surface area (Å²) < 4.78 is 17.2. The number of rotatable bonds is 6. The second-order valence-electron chi connectivity index (χ2n) is 3.95. The first-order valence-electron chi connectivity index (χ1n) is 6.12. The Morgan fingerprint density at radius 1 is 1.19 bits per heavy atom. The molecule has 1 aromatic heterocycles. The van der Waals surface area contributed by atoms with E-state index in [0.29, 0.717) is 17.0 Å². The summed E-state index contributed by atoms with van der Waals surface area (Å²) in [6.07, 6.45) is 2.85. The molecule has 2 aromatic rings.